The van der Waals surface area contributed by atoms with E-state index in [1.165, 1.54) is 0 Å². The summed E-state index contributed by atoms with van der Waals surface area (Å²) in [5.41, 5.74) is 5.91. The van der Waals surface area contributed by atoms with Crippen LogP contribution >= 0.6 is 0 Å². The standard InChI is InChI=1S/C29H41F3N6O2/c1-4-7-19-9-11-27(3)17-28(19,25(40-27)29(30,31)32)26(39)37-12-6-5-8-22(37)21-14-23-34-24(18(2)15-38(23)35-21)36-13-10-20(33)16-36/h14-15,19-20,22,25H,4-13,16-17,33H2,1-3H3. The molecule has 4 aliphatic rings. The Morgan fingerprint density at radius 1 is 1.23 bits per heavy atom. The van der Waals surface area contributed by atoms with Crippen LogP contribution in [0.3, 0.4) is 0 Å². The third kappa shape index (κ3) is 4.47. The van der Waals surface area contributed by atoms with Crippen molar-refractivity contribution >= 4 is 17.4 Å². The molecule has 3 aliphatic heterocycles. The van der Waals surface area contributed by atoms with Crippen molar-refractivity contribution in [2.45, 2.75) is 109 Å². The predicted molar refractivity (Wildman–Crippen MR) is 145 cm³/mol. The molecule has 4 fully saturated rings. The Bertz CT molecular complexity index is 1280. The number of ether oxygens (including phenoxy) is 1. The molecule has 6 atom stereocenters. The Balaban J connectivity index is 1.37. The minimum absolute atomic E-state index is 0.115. The number of nitrogens with zero attached hydrogens (tertiary/aromatic N) is 5. The second kappa shape index (κ2) is 9.86. The number of carbonyl (C=O) groups is 1. The molecule has 2 aromatic heterocycles. The topological polar surface area (TPSA) is 89.0 Å². The van der Waals surface area contributed by atoms with Crippen molar-refractivity contribution in [1.82, 2.24) is 19.5 Å². The fourth-order valence-corrected chi connectivity index (χ4v) is 8.09. The smallest absolute Gasteiger partial charge is 0.361 e. The first-order valence-corrected chi connectivity index (χ1v) is 14.9. The van der Waals surface area contributed by atoms with E-state index in [0.29, 0.717) is 43.6 Å². The number of carbonyl (C=O) groups excluding carboxylic acids is 1. The van der Waals surface area contributed by atoms with E-state index >= 15 is 0 Å². The minimum atomic E-state index is -4.62. The largest absolute Gasteiger partial charge is 0.415 e. The predicted octanol–water partition coefficient (Wildman–Crippen LogP) is 4.94. The number of likely N-dealkylation sites (tertiary alicyclic amines) is 1. The van der Waals surface area contributed by atoms with Crippen LogP contribution in [0.2, 0.25) is 0 Å². The first-order valence-electron chi connectivity index (χ1n) is 14.9. The number of amides is 1. The highest BCUT2D eigenvalue weighted by Gasteiger charge is 2.72. The van der Waals surface area contributed by atoms with Gasteiger partial charge in [-0.15, -0.1) is 0 Å². The maximum atomic E-state index is 14.6. The number of alkyl halides is 3. The summed E-state index contributed by atoms with van der Waals surface area (Å²) in [5, 5.41) is 4.82. The van der Waals surface area contributed by atoms with E-state index in [1.54, 1.807) is 16.3 Å². The van der Waals surface area contributed by atoms with Crippen LogP contribution < -0.4 is 10.6 Å². The Morgan fingerprint density at radius 2 is 2.02 bits per heavy atom. The average molecular weight is 563 g/mol. The molecule has 220 valence electrons. The maximum absolute atomic E-state index is 14.6. The lowest BCUT2D eigenvalue weighted by atomic mass is 9.59. The summed E-state index contributed by atoms with van der Waals surface area (Å²) in [6, 6.07) is 1.62. The van der Waals surface area contributed by atoms with Gasteiger partial charge in [-0.05, 0) is 71.1 Å². The Morgan fingerprint density at radius 3 is 2.73 bits per heavy atom. The number of aryl methyl sites for hydroxylation is 1. The summed E-state index contributed by atoms with van der Waals surface area (Å²) < 4.78 is 51.3. The molecule has 6 rings (SSSR count). The highest BCUT2D eigenvalue weighted by atomic mass is 19.4. The zero-order valence-corrected chi connectivity index (χ0v) is 23.7. The number of rotatable bonds is 5. The highest BCUT2D eigenvalue weighted by Crippen LogP contribution is 2.62. The first-order chi connectivity index (χ1) is 18.9. The van der Waals surface area contributed by atoms with Crippen molar-refractivity contribution < 1.29 is 22.7 Å². The molecule has 40 heavy (non-hydrogen) atoms. The van der Waals surface area contributed by atoms with Crippen LogP contribution in [-0.4, -0.2) is 69.0 Å². The number of nitrogens with two attached hydrogens (primary N) is 1. The van der Waals surface area contributed by atoms with Crippen molar-refractivity contribution in [3.63, 3.8) is 0 Å². The summed E-state index contributed by atoms with van der Waals surface area (Å²) in [7, 11) is 0. The molecule has 2 N–H and O–H groups in total. The van der Waals surface area contributed by atoms with Crippen molar-refractivity contribution in [2.24, 2.45) is 17.1 Å². The molecular weight excluding hydrogens is 521 g/mol. The summed E-state index contributed by atoms with van der Waals surface area (Å²) in [4.78, 5) is 23.4. The number of piperidine rings is 1. The SMILES string of the molecule is CCCC1CCC2(C)CC1(C(=O)N1CCCCC1c1cc3nc(N4CCC(N)C4)c(C)cn3n1)C(C(F)(F)F)O2. The quantitative estimate of drug-likeness (QED) is 0.556. The van der Waals surface area contributed by atoms with Gasteiger partial charge in [-0.2, -0.15) is 18.3 Å². The lowest BCUT2D eigenvalue weighted by Crippen LogP contribution is -2.58. The van der Waals surface area contributed by atoms with Gasteiger partial charge >= 0.3 is 6.18 Å². The van der Waals surface area contributed by atoms with Crippen LogP contribution in [-0.2, 0) is 9.53 Å². The third-order valence-corrected chi connectivity index (χ3v) is 9.87. The number of aromatic nitrogens is 3. The summed E-state index contributed by atoms with van der Waals surface area (Å²) in [6.07, 6.45) is 0.993. The van der Waals surface area contributed by atoms with Crippen LogP contribution in [0.5, 0.6) is 0 Å². The third-order valence-electron chi connectivity index (χ3n) is 9.87. The Kier molecular flexibility index (Phi) is 6.84. The fraction of sp³-hybridized carbons (Fsp3) is 0.759. The number of hydrogen-bond acceptors (Lipinski definition) is 6. The molecule has 2 aromatic rings. The van der Waals surface area contributed by atoms with Gasteiger partial charge in [0.25, 0.3) is 0 Å². The van der Waals surface area contributed by atoms with Gasteiger partial charge in [0.15, 0.2) is 11.8 Å². The first kappa shape index (κ1) is 27.8. The summed E-state index contributed by atoms with van der Waals surface area (Å²) in [6.45, 7) is 7.73. The molecule has 0 aromatic carbocycles. The molecule has 2 bridgehead atoms. The summed E-state index contributed by atoms with van der Waals surface area (Å²) in [5.74, 6) is 0.103. The molecule has 1 aliphatic carbocycles. The molecule has 1 saturated carbocycles. The second-order valence-corrected chi connectivity index (χ2v) is 12.9. The van der Waals surface area contributed by atoms with Crippen molar-refractivity contribution in [1.29, 1.82) is 0 Å². The molecule has 5 heterocycles. The van der Waals surface area contributed by atoms with Gasteiger partial charge < -0.3 is 20.3 Å². The van der Waals surface area contributed by atoms with Crippen molar-refractivity contribution in [3.05, 3.63) is 23.5 Å². The highest BCUT2D eigenvalue weighted by molar-refractivity contribution is 5.85. The Labute approximate surface area is 233 Å². The second-order valence-electron chi connectivity index (χ2n) is 12.9. The molecule has 6 unspecified atom stereocenters. The van der Waals surface area contributed by atoms with Gasteiger partial charge in [0, 0.05) is 43.5 Å². The van der Waals surface area contributed by atoms with Crippen LogP contribution in [0.15, 0.2) is 12.3 Å². The van der Waals surface area contributed by atoms with E-state index < -0.39 is 35.2 Å². The van der Waals surface area contributed by atoms with Gasteiger partial charge in [0.05, 0.1) is 22.8 Å². The molecular formula is C29H41F3N6O2. The van der Waals surface area contributed by atoms with E-state index in [0.717, 1.165) is 50.2 Å². The van der Waals surface area contributed by atoms with Gasteiger partial charge in [0.1, 0.15) is 5.82 Å². The zero-order chi connectivity index (χ0) is 28.4. The van der Waals surface area contributed by atoms with E-state index in [9.17, 15) is 18.0 Å². The number of hydrogen-bond donors (Lipinski definition) is 1. The number of halogens is 3. The average Bonchev–Trinajstić information content (AvgIpc) is 3.59. The number of fused-ring (bicyclic) bond motifs is 3. The maximum Gasteiger partial charge on any atom is 0.415 e. The monoisotopic (exact) mass is 562 g/mol. The zero-order valence-electron chi connectivity index (χ0n) is 23.7. The lowest BCUT2D eigenvalue weighted by molar-refractivity contribution is -0.248. The van der Waals surface area contributed by atoms with Crippen LogP contribution in [0, 0.1) is 18.3 Å². The van der Waals surface area contributed by atoms with Crippen molar-refractivity contribution in [3.8, 4) is 0 Å². The van der Waals surface area contributed by atoms with Gasteiger partial charge in [-0.1, -0.05) is 13.3 Å². The normalized spacial score (nSPS) is 34.7. The van der Waals surface area contributed by atoms with Gasteiger partial charge in [-0.3, -0.25) is 4.79 Å². The Hall–Kier alpha value is -2.40. The van der Waals surface area contributed by atoms with E-state index in [1.807, 2.05) is 26.1 Å². The van der Waals surface area contributed by atoms with Gasteiger partial charge in [-0.25, -0.2) is 9.50 Å². The van der Waals surface area contributed by atoms with Gasteiger partial charge in [0.2, 0.25) is 5.91 Å². The van der Waals surface area contributed by atoms with Crippen molar-refractivity contribution in [2.75, 3.05) is 24.5 Å². The molecule has 1 amide bonds. The molecule has 11 heteroatoms. The van der Waals surface area contributed by atoms with E-state index in [4.69, 9.17) is 20.6 Å². The minimum Gasteiger partial charge on any atom is -0.361 e. The molecule has 8 nitrogen and oxygen atoms in total. The molecule has 0 radical (unpaired) electrons. The van der Waals surface area contributed by atoms with E-state index in [-0.39, 0.29) is 18.4 Å². The van der Waals surface area contributed by atoms with Crippen LogP contribution in [0.25, 0.3) is 5.65 Å². The fourth-order valence-electron chi connectivity index (χ4n) is 8.09. The summed E-state index contributed by atoms with van der Waals surface area (Å²) >= 11 is 0. The molecule has 0 spiro atoms. The van der Waals surface area contributed by atoms with E-state index in [2.05, 4.69) is 4.90 Å². The van der Waals surface area contributed by atoms with Crippen LogP contribution in [0.1, 0.15) is 88.9 Å². The lowest BCUT2D eigenvalue weighted by Gasteiger charge is -2.47. The number of anilines is 1. The molecule has 3 saturated heterocycles. The van der Waals surface area contributed by atoms with Crippen LogP contribution in [0.4, 0.5) is 19.0 Å².